The first-order valence-electron chi connectivity index (χ1n) is 8.97. The summed E-state index contributed by atoms with van der Waals surface area (Å²) in [4.78, 5) is 12.4. The van der Waals surface area contributed by atoms with Crippen LogP contribution in [0.5, 0.6) is 0 Å². The maximum absolute atomic E-state index is 14.3. The Morgan fingerprint density at radius 1 is 1.12 bits per heavy atom. The molecule has 3 nitrogen and oxygen atoms in total. The van der Waals surface area contributed by atoms with Crippen molar-refractivity contribution in [3.63, 3.8) is 0 Å². The van der Waals surface area contributed by atoms with Crippen LogP contribution in [0.2, 0.25) is 0 Å². The lowest BCUT2D eigenvalue weighted by atomic mass is 9.76. The molecule has 0 radical (unpaired) electrons. The summed E-state index contributed by atoms with van der Waals surface area (Å²) in [6.45, 7) is 0.00916. The van der Waals surface area contributed by atoms with Crippen molar-refractivity contribution in [2.45, 2.75) is 69.4 Å². The Kier molecular flexibility index (Phi) is 5.49. The molecule has 0 spiro atoms. The summed E-state index contributed by atoms with van der Waals surface area (Å²) in [5, 5.41) is 3.01. The zero-order valence-electron chi connectivity index (χ0n) is 14.0. The number of benzene rings is 1. The van der Waals surface area contributed by atoms with Crippen LogP contribution in [0.25, 0.3) is 0 Å². The molecule has 0 aliphatic heterocycles. The van der Waals surface area contributed by atoms with E-state index in [4.69, 9.17) is 4.74 Å². The van der Waals surface area contributed by atoms with Crippen LogP contribution in [0.15, 0.2) is 18.2 Å². The van der Waals surface area contributed by atoms with Gasteiger partial charge in [-0.15, -0.1) is 0 Å². The quantitative estimate of drug-likeness (QED) is 0.874. The lowest BCUT2D eigenvalue weighted by Crippen LogP contribution is -2.49. The molecule has 0 aromatic heterocycles. The highest BCUT2D eigenvalue weighted by Gasteiger charge is 2.37. The van der Waals surface area contributed by atoms with Gasteiger partial charge in [0.1, 0.15) is 18.2 Å². The number of nitrogens with one attached hydrogen (secondary N) is 1. The Bertz CT molecular complexity index is 579. The highest BCUT2D eigenvalue weighted by molar-refractivity contribution is 5.78. The molecule has 0 bridgehead atoms. The number of halogens is 2. The molecule has 2 saturated carbocycles. The van der Waals surface area contributed by atoms with Crippen molar-refractivity contribution in [1.29, 1.82) is 0 Å². The summed E-state index contributed by atoms with van der Waals surface area (Å²) in [5.41, 5.74) is -0.357. The van der Waals surface area contributed by atoms with Gasteiger partial charge in [-0.05, 0) is 31.7 Å². The van der Waals surface area contributed by atoms with Crippen molar-refractivity contribution in [2.75, 3.05) is 6.61 Å². The van der Waals surface area contributed by atoms with Gasteiger partial charge in [-0.25, -0.2) is 8.78 Å². The fraction of sp³-hybridized carbons (Fsp3) is 0.632. The first-order valence-corrected chi connectivity index (χ1v) is 8.97. The molecule has 0 unspecified atom stereocenters. The third-order valence-corrected chi connectivity index (χ3v) is 5.28. The van der Waals surface area contributed by atoms with Crippen LogP contribution in [0.4, 0.5) is 8.78 Å². The van der Waals surface area contributed by atoms with Crippen LogP contribution in [-0.4, -0.2) is 18.6 Å². The fourth-order valence-corrected chi connectivity index (χ4v) is 4.05. The Hall–Kier alpha value is -1.49. The normalized spacial score (nSPS) is 20.9. The molecule has 5 heteroatoms. The van der Waals surface area contributed by atoms with Gasteiger partial charge in [0.2, 0.25) is 5.91 Å². The number of rotatable bonds is 5. The Balaban J connectivity index is 1.71. The topological polar surface area (TPSA) is 38.3 Å². The van der Waals surface area contributed by atoms with Crippen molar-refractivity contribution < 1.29 is 18.3 Å². The lowest BCUT2D eigenvalue weighted by molar-refractivity contribution is -0.130. The predicted molar refractivity (Wildman–Crippen MR) is 87.5 cm³/mol. The first-order chi connectivity index (χ1) is 11.6. The SMILES string of the molecule is O=C(COC1CCCC1)NC1(c2ccc(F)cc2F)CCCCC1. The molecule has 1 N–H and O–H groups in total. The monoisotopic (exact) mass is 337 g/mol. The largest absolute Gasteiger partial charge is 0.368 e. The van der Waals surface area contributed by atoms with Crippen molar-refractivity contribution in [2.24, 2.45) is 0 Å². The number of ether oxygens (including phenoxy) is 1. The predicted octanol–water partition coefficient (Wildman–Crippen LogP) is 4.20. The van der Waals surface area contributed by atoms with Crippen molar-refractivity contribution in [3.8, 4) is 0 Å². The van der Waals surface area contributed by atoms with E-state index in [2.05, 4.69) is 5.32 Å². The van der Waals surface area contributed by atoms with Crippen LogP contribution in [0.3, 0.4) is 0 Å². The van der Waals surface area contributed by atoms with Gasteiger partial charge in [0.25, 0.3) is 0 Å². The number of hydrogen-bond donors (Lipinski definition) is 1. The molecule has 2 fully saturated rings. The molecule has 0 atom stereocenters. The van der Waals surface area contributed by atoms with Gasteiger partial charge < -0.3 is 10.1 Å². The standard InChI is InChI=1S/C19H25F2NO2/c20-14-8-9-16(17(21)12-14)19(10-4-1-5-11-19)22-18(23)13-24-15-6-2-3-7-15/h8-9,12,15H,1-7,10-11,13H2,(H,22,23). The maximum Gasteiger partial charge on any atom is 0.246 e. The van der Waals surface area contributed by atoms with E-state index in [1.807, 2.05) is 0 Å². The summed E-state index contributed by atoms with van der Waals surface area (Å²) < 4.78 is 33.3. The van der Waals surface area contributed by atoms with Crippen molar-refractivity contribution in [3.05, 3.63) is 35.4 Å². The van der Waals surface area contributed by atoms with Gasteiger partial charge in [0.15, 0.2) is 0 Å². The summed E-state index contributed by atoms with van der Waals surface area (Å²) in [6, 6.07) is 3.62. The summed E-state index contributed by atoms with van der Waals surface area (Å²) in [5.74, 6) is -1.40. The van der Waals surface area contributed by atoms with Gasteiger partial charge in [0.05, 0.1) is 11.6 Å². The number of carbonyl (C=O) groups is 1. The third-order valence-electron chi connectivity index (χ3n) is 5.28. The molecule has 132 valence electrons. The second-order valence-electron chi connectivity index (χ2n) is 7.03. The van der Waals surface area contributed by atoms with E-state index in [-0.39, 0.29) is 18.6 Å². The first kappa shape index (κ1) is 17.3. The smallest absolute Gasteiger partial charge is 0.246 e. The van der Waals surface area contributed by atoms with Crippen molar-refractivity contribution >= 4 is 5.91 Å². The Labute approximate surface area is 141 Å². The van der Waals surface area contributed by atoms with Gasteiger partial charge in [-0.2, -0.15) is 0 Å². The van der Waals surface area contributed by atoms with Crippen molar-refractivity contribution in [1.82, 2.24) is 5.32 Å². The van der Waals surface area contributed by atoms with Gasteiger partial charge in [0, 0.05) is 11.6 Å². The van der Waals surface area contributed by atoms with E-state index in [9.17, 15) is 13.6 Å². The Morgan fingerprint density at radius 2 is 1.83 bits per heavy atom. The van der Waals surface area contributed by atoms with Gasteiger partial charge in [-0.1, -0.05) is 38.2 Å². The number of carbonyl (C=O) groups excluding carboxylic acids is 1. The molecule has 0 saturated heterocycles. The van der Waals surface area contributed by atoms with E-state index in [1.165, 1.54) is 12.1 Å². The molecule has 1 aromatic carbocycles. The molecule has 3 rings (SSSR count). The third kappa shape index (κ3) is 3.94. The second-order valence-corrected chi connectivity index (χ2v) is 7.03. The summed E-state index contributed by atoms with van der Waals surface area (Å²) in [6.07, 6.45) is 8.72. The van der Waals surface area contributed by atoms with Crippen LogP contribution in [0, 0.1) is 11.6 Å². The van der Waals surface area contributed by atoms with Crippen LogP contribution in [0.1, 0.15) is 63.4 Å². The van der Waals surface area contributed by atoms with E-state index in [0.29, 0.717) is 18.4 Å². The van der Waals surface area contributed by atoms with E-state index in [0.717, 1.165) is 51.0 Å². The zero-order valence-corrected chi connectivity index (χ0v) is 14.0. The maximum atomic E-state index is 14.3. The minimum atomic E-state index is -0.744. The van der Waals surface area contributed by atoms with E-state index >= 15 is 0 Å². The zero-order chi connectivity index (χ0) is 17.0. The van der Waals surface area contributed by atoms with E-state index < -0.39 is 17.2 Å². The molecule has 1 aromatic rings. The molecule has 0 heterocycles. The average Bonchev–Trinajstić information content (AvgIpc) is 3.07. The average molecular weight is 337 g/mol. The molecular weight excluding hydrogens is 312 g/mol. The van der Waals surface area contributed by atoms with Gasteiger partial charge in [-0.3, -0.25) is 4.79 Å². The minimum absolute atomic E-state index is 0.00916. The van der Waals surface area contributed by atoms with Crippen LogP contribution >= 0.6 is 0 Å². The number of amides is 1. The lowest BCUT2D eigenvalue weighted by Gasteiger charge is -2.39. The fourth-order valence-electron chi connectivity index (χ4n) is 4.05. The highest BCUT2D eigenvalue weighted by atomic mass is 19.1. The highest BCUT2D eigenvalue weighted by Crippen LogP contribution is 2.38. The second kappa shape index (κ2) is 7.60. The summed E-state index contributed by atoms with van der Waals surface area (Å²) in [7, 11) is 0. The Morgan fingerprint density at radius 3 is 2.50 bits per heavy atom. The van der Waals surface area contributed by atoms with Gasteiger partial charge >= 0.3 is 0 Å². The molecule has 2 aliphatic rings. The molecule has 2 aliphatic carbocycles. The molecule has 24 heavy (non-hydrogen) atoms. The number of hydrogen-bond acceptors (Lipinski definition) is 2. The van der Waals surface area contributed by atoms with E-state index in [1.54, 1.807) is 0 Å². The minimum Gasteiger partial charge on any atom is -0.368 e. The molecule has 1 amide bonds. The van der Waals surface area contributed by atoms with Crippen LogP contribution in [-0.2, 0) is 15.1 Å². The summed E-state index contributed by atoms with van der Waals surface area (Å²) >= 11 is 0. The molecular formula is C19H25F2NO2. The van der Waals surface area contributed by atoms with Crippen LogP contribution < -0.4 is 5.32 Å².